The van der Waals surface area contributed by atoms with Gasteiger partial charge in [-0.2, -0.15) is 0 Å². The first-order valence-electron chi connectivity index (χ1n) is 4.70. The molecule has 3 heteroatoms. The minimum absolute atomic E-state index is 0.442. The Morgan fingerprint density at radius 2 is 2.07 bits per heavy atom. The van der Waals surface area contributed by atoms with Gasteiger partial charge in [0.05, 0.1) is 11.4 Å². The summed E-state index contributed by atoms with van der Waals surface area (Å²) >= 11 is 0. The summed E-state index contributed by atoms with van der Waals surface area (Å²) in [5.41, 5.74) is 4.94. The Morgan fingerprint density at radius 1 is 1.20 bits per heavy atom. The predicted octanol–water partition coefficient (Wildman–Crippen LogP) is 3.35. The van der Waals surface area contributed by atoms with Crippen molar-refractivity contribution in [3.05, 3.63) is 48.2 Å². The van der Waals surface area contributed by atoms with Gasteiger partial charge in [0, 0.05) is 11.8 Å². The number of hydrogen-bond acceptors (Lipinski definition) is 2. The van der Waals surface area contributed by atoms with Crippen LogP contribution in [0.4, 0.5) is 10.2 Å². The van der Waals surface area contributed by atoms with Crippen LogP contribution in [0.1, 0.15) is 5.56 Å². The van der Waals surface area contributed by atoms with Crippen LogP contribution < -0.4 is 5.54 Å². The van der Waals surface area contributed by atoms with E-state index in [1.807, 2.05) is 25.1 Å². The maximum Gasteiger partial charge on any atom is 0.0731 e. The van der Waals surface area contributed by atoms with E-state index in [-0.39, 0.29) is 0 Å². The maximum absolute atomic E-state index is 12.3. The Hall–Kier alpha value is -1.90. The minimum Gasteiger partial charge on any atom is -0.256 e. The number of pyridine rings is 1. The van der Waals surface area contributed by atoms with E-state index in [2.05, 4.69) is 4.98 Å². The summed E-state index contributed by atoms with van der Waals surface area (Å²) in [7, 11) is 0. The van der Waals surface area contributed by atoms with Crippen LogP contribution >= 0.6 is 0 Å². The molecular weight excluding hydrogens is 191 g/mol. The van der Waals surface area contributed by atoms with Gasteiger partial charge in [-0.1, -0.05) is 18.2 Å². The van der Waals surface area contributed by atoms with Crippen LogP contribution in [-0.2, 0) is 0 Å². The largest absolute Gasteiger partial charge is 0.256 e. The van der Waals surface area contributed by atoms with E-state index in [4.69, 9.17) is 0 Å². The van der Waals surface area contributed by atoms with Gasteiger partial charge < -0.3 is 0 Å². The van der Waals surface area contributed by atoms with E-state index in [1.54, 1.807) is 29.9 Å². The summed E-state index contributed by atoms with van der Waals surface area (Å²) in [5.74, 6) is 0. The first kappa shape index (κ1) is 9.65. The van der Waals surface area contributed by atoms with Gasteiger partial charge in [0.2, 0.25) is 0 Å². The van der Waals surface area contributed by atoms with Crippen LogP contribution in [0.3, 0.4) is 0 Å². The lowest BCUT2D eigenvalue weighted by Gasteiger charge is -2.05. The standard InChI is InChI=1S/C12H11FN2/c1-9-4-3-7-14-12(9)10-5-2-6-11(8-10)15-13/h2-8,15H,1H3. The average molecular weight is 202 g/mol. The molecule has 0 aliphatic carbocycles. The van der Waals surface area contributed by atoms with E-state index in [1.165, 1.54) is 0 Å². The second-order valence-electron chi connectivity index (χ2n) is 3.34. The lowest BCUT2D eigenvalue weighted by atomic mass is 10.1. The SMILES string of the molecule is Cc1cccnc1-c1cccc(NF)c1. The van der Waals surface area contributed by atoms with E-state index >= 15 is 0 Å². The highest BCUT2D eigenvalue weighted by Crippen LogP contribution is 2.23. The maximum atomic E-state index is 12.3. The number of halogens is 1. The van der Waals surface area contributed by atoms with Crippen molar-refractivity contribution in [2.24, 2.45) is 0 Å². The fraction of sp³-hybridized carbons (Fsp3) is 0.0833. The first-order valence-corrected chi connectivity index (χ1v) is 4.70. The third kappa shape index (κ3) is 1.96. The van der Waals surface area contributed by atoms with E-state index in [0.717, 1.165) is 16.8 Å². The van der Waals surface area contributed by atoms with Gasteiger partial charge in [-0.05, 0) is 30.7 Å². The Morgan fingerprint density at radius 3 is 2.80 bits per heavy atom. The molecule has 1 aromatic heterocycles. The number of aryl methyl sites for hydroxylation is 1. The second kappa shape index (κ2) is 4.09. The van der Waals surface area contributed by atoms with E-state index < -0.39 is 0 Å². The van der Waals surface area contributed by atoms with Crippen LogP contribution in [0, 0.1) is 6.92 Å². The third-order valence-corrected chi connectivity index (χ3v) is 2.25. The number of aromatic nitrogens is 1. The van der Waals surface area contributed by atoms with Crippen molar-refractivity contribution >= 4 is 5.69 Å². The zero-order valence-electron chi connectivity index (χ0n) is 8.37. The molecule has 0 bridgehead atoms. The van der Waals surface area contributed by atoms with Crippen molar-refractivity contribution in [3.63, 3.8) is 0 Å². The summed E-state index contributed by atoms with van der Waals surface area (Å²) in [6.07, 6.45) is 1.73. The fourth-order valence-corrected chi connectivity index (χ4v) is 1.51. The topological polar surface area (TPSA) is 24.9 Å². The summed E-state index contributed by atoms with van der Waals surface area (Å²) in [6.45, 7) is 1.98. The Labute approximate surface area is 87.7 Å². The number of benzene rings is 1. The number of nitrogens with one attached hydrogen (secondary N) is 1. The molecule has 1 heterocycles. The zero-order chi connectivity index (χ0) is 10.7. The number of hydrogen-bond donors (Lipinski definition) is 1. The van der Waals surface area contributed by atoms with Gasteiger partial charge in [0.15, 0.2) is 0 Å². The highest BCUT2D eigenvalue weighted by atomic mass is 19.2. The molecule has 0 spiro atoms. The molecule has 1 N–H and O–H groups in total. The fourth-order valence-electron chi connectivity index (χ4n) is 1.51. The molecule has 2 rings (SSSR count). The molecule has 2 nitrogen and oxygen atoms in total. The smallest absolute Gasteiger partial charge is 0.0731 e. The number of nitrogens with zero attached hydrogens (tertiary/aromatic N) is 1. The van der Waals surface area contributed by atoms with E-state index in [0.29, 0.717) is 5.69 Å². The molecule has 76 valence electrons. The highest BCUT2D eigenvalue weighted by molar-refractivity contribution is 5.67. The zero-order valence-corrected chi connectivity index (χ0v) is 8.37. The van der Waals surface area contributed by atoms with Gasteiger partial charge >= 0.3 is 0 Å². The molecular formula is C12H11FN2. The van der Waals surface area contributed by atoms with Gasteiger partial charge in [-0.25, -0.2) is 5.54 Å². The predicted molar refractivity (Wildman–Crippen MR) is 59.1 cm³/mol. The Bertz CT molecular complexity index is 469. The van der Waals surface area contributed by atoms with Crippen molar-refractivity contribution in [2.75, 3.05) is 5.54 Å². The normalized spacial score (nSPS) is 10.0. The average Bonchev–Trinajstić information content (AvgIpc) is 2.30. The lowest BCUT2D eigenvalue weighted by Crippen LogP contribution is -1.88. The Kier molecular flexibility index (Phi) is 2.63. The van der Waals surface area contributed by atoms with Gasteiger partial charge in [0.25, 0.3) is 0 Å². The Balaban J connectivity index is 2.49. The van der Waals surface area contributed by atoms with Crippen molar-refractivity contribution in [3.8, 4) is 11.3 Å². The van der Waals surface area contributed by atoms with Crippen molar-refractivity contribution < 1.29 is 4.48 Å². The summed E-state index contributed by atoms with van der Waals surface area (Å²) < 4.78 is 12.3. The van der Waals surface area contributed by atoms with Crippen molar-refractivity contribution in [1.29, 1.82) is 0 Å². The van der Waals surface area contributed by atoms with Crippen molar-refractivity contribution in [1.82, 2.24) is 4.98 Å². The van der Waals surface area contributed by atoms with Crippen LogP contribution in [0.5, 0.6) is 0 Å². The van der Waals surface area contributed by atoms with Gasteiger partial charge in [-0.15, -0.1) is 4.48 Å². The molecule has 0 radical (unpaired) electrons. The second-order valence-corrected chi connectivity index (χ2v) is 3.34. The molecule has 0 atom stereocenters. The van der Waals surface area contributed by atoms with Crippen molar-refractivity contribution in [2.45, 2.75) is 6.92 Å². The molecule has 0 fully saturated rings. The molecule has 0 unspecified atom stereocenters. The van der Waals surface area contributed by atoms with Crippen LogP contribution in [0.25, 0.3) is 11.3 Å². The first-order chi connectivity index (χ1) is 7.31. The van der Waals surface area contributed by atoms with Crippen LogP contribution in [0.2, 0.25) is 0 Å². The number of rotatable bonds is 2. The quantitative estimate of drug-likeness (QED) is 0.755. The summed E-state index contributed by atoms with van der Waals surface area (Å²) in [4.78, 5) is 4.27. The van der Waals surface area contributed by atoms with E-state index in [9.17, 15) is 4.48 Å². The highest BCUT2D eigenvalue weighted by Gasteiger charge is 2.02. The molecule has 1 aromatic carbocycles. The lowest BCUT2D eigenvalue weighted by molar-refractivity contribution is 0.618. The molecule has 0 aliphatic heterocycles. The molecule has 0 aliphatic rings. The third-order valence-electron chi connectivity index (χ3n) is 2.25. The van der Waals surface area contributed by atoms with Gasteiger partial charge in [0.1, 0.15) is 0 Å². The summed E-state index contributed by atoms with van der Waals surface area (Å²) in [6, 6.07) is 11.0. The van der Waals surface area contributed by atoms with Crippen LogP contribution in [-0.4, -0.2) is 4.98 Å². The number of anilines is 1. The summed E-state index contributed by atoms with van der Waals surface area (Å²) in [5, 5.41) is 0. The molecule has 0 amide bonds. The minimum atomic E-state index is 0.442. The molecule has 0 saturated heterocycles. The molecule has 15 heavy (non-hydrogen) atoms. The monoisotopic (exact) mass is 202 g/mol. The van der Waals surface area contributed by atoms with Crippen LogP contribution in [0.15, 0.2) is 42.6 Å². The molecule has 2 aromatic rings. The van der Waals surface area contributed by atoms with Gasteiger partial charge in [-0.3, -0.25) is 4.98 Å². The molecule has 0 saturated carbocycles.